The zero-order valence-corrected chi connectivity index (χ0v) is 13.1. The van der Waals surface area contributed by atoms with Crippen LogP contribution in [0.15, 0.2) is 27.1 Å². The molecule has 0 saturated carbocycles. The lowest BCUT2D eigenvalue weighted by molar-refractivity contribution is -0.143. The van der Waals surface area contributed by atoms with E-state index in [-0.39, 0.29) is 5.92 Å². The van der Waals surface area contributed by atoms with Gasteiger partial charge in [0.25, 0.3) is 0 Å². The Kier molecular flexibility index (Phi) is 4.81. The Hall–Kier alpha value is -0.390. The number of hydrogen-bond acceptors (Lipinski definition) is 2. The summed E-state index contributed by atoms with van der Waals surface area (Å²) >= 11 is 7.00. The number of nitrogens with zero attached hydrogens (tertiary/aromatic N) is 1. The van der Waals surface area contributed by atoms with Crippen molar-refractivity contribution in [1.29, 1.82) is 0 Å². The summed E-state index contributed by atoms with van der Waals surface area (Å²) in [5, 5.41) is 9.08. The van der Waals surface area contributed by atoms with Gasteiger partial charge in [0.1, 0.15) is 0 Å². The molecule has 1 aliphatic rings. The van der Waals surface area contributed by atoms with Crippen LogP contribution in [0, 0.1) is 5.92 Å². The highest BCUT2D eigenvalue weighted by molar-refractivity contribution is 9.11. The molecule has 1 fully saturated rings. The smallest absolute Gasteiger partial charge is 0.307 e. The summed E-state index contributed by atoms with van der Waals surface area (Å²) < 4.78 is 2.12. The van der Waals surface area contributed by atoms with Gasteiger partial charge in [-0.05, 0) is 43.1 Å². The summed E-state index contributed by atoms with van der Waals surface area (Å²) in [5.41, 5.74) is 1.19. The normalized spacial score (nSPS) is 20.9. The van der Waals surface area contributed by atoms with Crippen molar-refractivity contribution in [3.05, 3.63) is 32.7 Å². The SMILES string of the molecule is O=C(O)C1CCCN(Cc2cc(Br)ccc2Br)C1. The Balaban J connectivity index is 2.04. The second-order valence-electron chi connectivity index (χ2n) is 4.65. The number of rotatable bonds is 3. The van der Waals surface area contributed by atoms with Crippen LogP contribution in [0.25, 0.3) is 0 Å². The molecule has 1 aromatic carbocycles. The predicted octanol–water partition coefficient (Wildman–Crippen LogP) is 3.51. The lowest BCUT2D eigenvalue weighted by atomic mass is 9.98. The molecule has 3 nitrogen and oxygen atoms in total. The Morgan fingerprint density at radius 2 is 2.22 bits per heavy atom. The lowest BCUT2D eigenvalue weighted by Crippen LogP contribution is -2.38. The van der Waals surface area contributed by atoms with Gasteiger partial charge < -0.3 is 5.11 Å². The van der Waals surface area contributed by atoms with Crippen LogP contribution in [0.3, 0.4) is 0 Å². The molecule has 1 saturated heterocycles. The van der Waals surface area contributed by atoms with Gasteiger partial charge in [0.05, 0.1) is 5.92 Å². The molecule has 1 aromatic rings. The molecule has 0 aromatic heterocycles. The van der Waals surface area contributed by atoms with E-state index in [4.69, 9.17) is 5.11 Å². The van der Waals surface area contributed by atoms with Crippen molar-refractivity contribution >= 4 is 37.8 Å². The largest absolute Gasteiger partial charge is 0.481 e. The highest BCUT2D eigenvalue weighted by Crippen LogP contribution is 2.25. The van der Waals surface area contributed by atoms with E-state index in [1.54, 1.807) is 0 Å². The summed E-state index contributed by atoms with van der Waals surface area (Å²) in [6.07, 6.45) is 1.76. The Morgan fingerprint density at radius 3 is 2.94 bits per heavy atom. The van der Waals surface area contributed by atoms with Gasteiger partial charge in [-0.15, -0.1) is 0 Å². The minimum atomic E-state index is -0.673. The zero-order valence-electron chi connectivity index (χ0n) is 9.90. The van der Waals surface area contributed by atoms with E-state index in [0.29, 0.717) is 6.54 Å². The lowest BCUT2D eigenvalue weighted by Gasteiger charge is -2.30. The van der Waals surface area contributed by atoms with E-state index in [1.807, 2.05) is 12.1 Å². The van der Waals surface area contributed by atoms with Crippen LogP contribution >= 0.6 is 31.9 Å². The monoisotopic (exact) mass is 375 g/mol. The molecule has 1 heterocycles. The molecular formula is C13H15Br2NO2. The standard InChI is InChI=1S/C13H15Br2NO2/c14-11-3-4-12(15)10(6-11)8-16-5-1-2-9(7-16)13(17)18/h3-4,6,9H,1-2,5,7-8H2,(H,17,18). The number of carboxylic acids is 1. The maximum atomic E-state index is 11.0. The summed E-state index contributed by atoms with van der Waals surface area (Å²) in [7, 11) is 0. The minimum Gasteiger partial charge on any atom is -0.481 e. The Morgan fingerprint density at radius 1 is 1.44 bits per heavy atom. The van der Waals surface area contributed by atoms with Gasteiger partial charge in [0, 0.05) is 22.0 Å². The minimum absolute atomic E-state index is 0.218. The number of carbonyl (C=O) groups is 1. The highest BCUT2D eigenvalue weighted by atomic mass is 79.9. The molecule has 0 bridgehead atoms. The number of halogens is 2. The first-order chi connectivity index (χ1) is 8.56. The first-order valence-electron chi connectivity index (χ1n) is 5.95. The summed E-state index contributed by atoms with van der Waals surface area (Å²) in [5.74, 6) is -0.891. The van der Waals surface area contributed by atoms with Crippen LogP contribution < -0.4 is 0 Å². The number of hydrogen-bond donors (Lipinski definition) is 1. The van der Waals surface area contributed by atoms with Crippen LogP contribution in [-0.2, 0) is 11.3 Å². The van der Waals surface area contributed by atoms with E-state index < -0.39 is 5.97 Å². The molecule has 1 aliphatic heterocycles. The molecule has 1 unspecified atom stereocenters. The predicted molar refractivity (Wildman–Crippen MR) is 77.5 cm³/mol. The van der Waals surface area contributed by atoms with Gasteiger partial charge >= 0.3 is 5.97 Å². The molecule has 98 valence electrons. The average Bonchev–Trinajstić information content (AvgIpc) is 2.34. The van der Waals surface area contributed by atoms with Crippen molar-refractivity contribution in [2.24, 2.45) is 5.92 Å². The second kappa shape index (κ2) is 6.17. The maximum Gasteiger partial charge on any atom is 0.307 e. The van der Waals surface area contributed by atoms with E-state index in [0.717, 1.165) is 34.9 Å². The third-order valence-corrected chi connectivity index (χ3v) is 4.52. The van der Waals surface area contributed by atoms with Crippen LogP contribution in [-0.4, -0.2) is 29.1 Å². The molecule has 2 rings (SSSR count). The van der Waals surface area contributed by atoms with Crippen molar-refractivity contribution in [1.82, 2.24) is 4.90 Å². The first kappa shape index (κ1) is 14.0. The quantitative estimate of drug-likeness (QED) is 0.877. The number of likely N-dealkylation sites (tertiary alicyclic amines) is 1. The molecule has 18 heavy (non-hydrogen) atoms. The van der Waals surface area contributed by atoms with Crippen molar-refractivity contribution in [3.8, 4) is 0 Å². The number of piperidine rings is 1. The van der Waals surface area contributed by atoms with Crippen LogP contribution in [0.2, 0.25) is 0 Å². The van der Waals surface area contributed by atoms with E-state index in [9.17, 15) is 4.79 Å². The molecule has 5 heteroatoms. The molecule has 0 radical (unpaired) electrons. The average molecular weight is 377 g/mol. The van der Waals surface area contributed by atoms with Crippen LogP contribution in [0.4, 0.5) is 0 Å². The molecular weight excluding hydrogens is 362 g/mol. The fraction of sp³-hybridized carbons (Fsp3) is 0.462. The highest BCUT2D eigenvalue weighted by Gasteiger charge is 2.25. The topological polar surface area (TPSA) is 40.5 Å². The summed E-state index contributed by atoms with van der Waals surface area (Å²) in [4.78, 5) is 13.2. The molecule has 0 aliphatic carbocycles. The van der Waals surface area contributed by atoms with E-state index in [1.165, 1.54) is 5.56 Å². The van der Waals surface area contributed by atoms with Gasteiger partial charge in [-0.3, -0.25) is 9.69 Å². The van der Waals surface area contributed by atoms with Gasteiger partial charge in [-0.25, -0.2) is 0 Å². The van der Waals surface area contributed by atoms with Crippen LogP contribution in [0.1, 0.15) is 18.4 Å². The molecule has 1 atom stereocenters. The first-order valence-corrected chi connectivity index (χ1v) is 7.54. The Bertz CT molecular complexity index is 451. The molecule has 1 N–H and O–H groups in total. The van der Waals surface area contributed by atoms with Gasteiger partial charge in [0.15, 0.2) is 0 Å². The number of aliphatic carboxylic acids is 1. The van der Waals surface area contributed by atoms with Crippen molar-refractivity contribution in [3.63, 3.8) is 0 Å². The fourth-order valence-electron chi connectivity index (χ4n) is 2.31. The number of benzene rings is 1. The molecule has 0 amide bonds. The van der Waals surface area contributed by atoms with Crippen molar-refractivity contribution in [2.75, 3.05) is 13.1 Å². The van der Waals surface area contributed by atoms with E-state index >= 15 is 0 Å². The zero-order chi connectivity index (χ0) is 13.1. The molecule has 0 spiro atoms. The number of carboxylic acid groups (broad SMARTS) is 1. The van der Waals surface area contributed by atoms with Gasteiger partial charge in [0.2, 0.25) is 0 Å². The van der Waals surface area contributed by atoms with Crippen molar-refractivity contribution in [2.45, 2.75) is 19.4 Å². The van der Waals surface area contributed by atoms with Gasteiger partial charge in [-0.2, -0.15) is 0 Å². The summed E-state index contributed by atoms with van der Waals surface area (Å²) in [6, 6.07) is 6.08. The second-order valence-corrected chi connectivity index (χ2v) is 6.42. The fourth-order valence-corrected chi connectivity index (χ4v) is 3.09. The van der Waals surface area contributed by atoms with Crippen LogP contribution in [0.5, 0.6) is 0 Å². The third kappa shape index (κ3) is 3.56. The summed E-state index contributed by atoms with van der Waals surface area (Å²) in [6.45, 7) is 2.42. The van der Waals surface area contributed by atoms with Crippen molar-refractivity contribution < 1.29 is 9.90 Å². The van der Waals surface area contributed by atoms with E-state index in [2.05, 4.69) is 42.8 Å². The maximum absolute atomic E-state index is 11.0. The third-order valence-electron chi connectivity index (χ3n) is 3.26. The Labute approximate surface area is 123 Å². The van der Waals surface area contributed by atoms with Gasteiger partial charge in [-0.1, -0.05) is 31.9 Å².